The fraction of sp³-hybridized carbons (Fsp3) is 0.524. The van der Waals surface area contributed by atoms with Crippen molar-refractivity contribution >= 4 is 11.8 Å². The van der Waals surface area contributed by atoms with Crippen LogP contribution in [0.25, 0.3) is 0 Å². The minimum absolute atomic E-state index is 0.0139. The highest BCUT2D eigenvalue weighted by molar-refractivity contribution is 5.98. The van der Waals surface area contributed by atoms with Crippen LogP contribution in [0.3, 0.4) is 0 Å². The van der Waals surface area contributed by atoms with E-state index in [1.54, 1.807) is 6.07 Å². The molecule has 4 atom stereocenters. The predicted molar refractivity (Wildman–Crippen MR) is 97.3 cm³/mol. The van der Waals surface area contributed by atoms with Crippen molar-refractivity contribution < 1.29 is 14.3 Å². The molecule has 5 nitrogen and oxygen atoms in total. The van der Waals surface area contributed by atoms with E-state index >= 15 is 0 Å². The number of terminal acetylenes is 1. The van der Waals surface area contributed by atoms with E-state index in [0.29, 0.717) is 24.2 Å². The fourth-order valence-electron chi connectivity index (χ4n) is 4.72. The second-order valence-corrected chi connectivity index (χ2v) is 8.28. The molecule has 1 aromatic rings. The molecule has 2 bridgehead atoms. The predicted octanol–water partition coefficient (Wildman–Crippen LogP) is 2.47. The highest BCUT2D eigenvalue weighted by Crippen LogP contribution is 2.52. The molecule has 0 aromatic heterocycles. The maximum Gasteiger partial charge on any atom is 0.258 e. The smallest absolute Gasteiger partial charge is 0.258 e. The third kappa shape index (κ3) is 2.65. The number of hydrogen-bond donors (Lipinski definition) is 2. The molecular formula is C21H24N2O3. The number of para-hydroxylation sites is 1. The van der Waals surface area contributed by atoms with E-state index in [2.05, 4.69) is 16.6 Å². The SMILES string of the molecule is C#CC(C)(C)NC(=O)[C@H]1C[C@@H]2CC[C@@H]1C[C@@]21NC(=O)c2ccccc2O1. The van der Waals surface area contributed by atoms with Crippen LogP contribution in [0.4, 0.5) is 0 Å². The molecule has 5 heteroatoms. The van der Waals surface area contributed by atoms with Gasteiger partial charge < -0.3 is 15.4 Å². The topological polar surface area (TPSA) is 67.4 Å². The summed E-state index contributed by atoms with van der Waals surface area (Å²) in [6.07, 6.45) is 8.79. The van der Waals surface area contributed by atoms with Gasteiger partial charge in [-0.05, 0) is 51.2 Å². The summed E-state index contributed by atoms with van der Waals surface area (Å²) in [7, 11) is 0. The number of hydrogen-bond acceptors (Lipinski definition) is 3. The number of carbonyl (C=O) groups is 2. The second kappa shape index (κ2) is 5.77. The van der Waals surface area contributed by atoms with E-state index in [1.807, 2.05) is 32.0 Å². The minimum Gasteiger partial charge on any atom is -0.467 e. The Morgan fingerprint density at radius 2 is 2.15 bits per heavy atom. The van der Waals surface area contributed by atoms with Crippen molar-refractivity contribution in [1.82, 2.24) is 10.6 Å². The average Bonchev–Trinajstić information content (AvgIpc) is 2.61. The molecule has 2 amide bonds. The van der Waals surface area contributed by atoms with Gasteiger partial charge in [-0.3, -0.25) is 9.59 Å². The molecule has 0 unspecified atom stereocenters. The minimum atomic E-state index is -0.688. The van der Waals surface area contributed by atoms with E-state index in [-0.39, 0.29) is 29.6 Å². The number of rotatable bonds is 2. The lowest BCUT2D eigenvalue weighted by Gasteiger charge is -2.55. The van der Waals surface area contributed by atoms with Crippen LogP contribution >= 0.6 is 0 Å². The summed E-state index contributed by atoms with van der Waals surface area (Å²) < 4.78 is 6.32. The molecule has 3 saturated carbocycles. The van der Waals surface area contributed by atoms with Crippen LogP contribution in [0.1, 0.15) is 49.9 Å². The van der Waals surface area contributed by atoms with Crippen molar-refractivity contribution in [2.45, 2.75) is 50.8 Å². The quantitative estimate of drug-likeness (QED) is 0.804. The van der Waals surface area contributed by atoms with E-state index in [9.17, 15) is 9.59 Å². The molecule has 136 valence electrons. The first kappa shape index (κ1) is 17.0. The maximum absolute atomic E-state index is 12.8. The van der Waals surface area contributed by atoms with Crippen LogP contribution in [0, 0.1) is 30.1 Å². The Hall–Kier alpha value is -2.48. The highest BCUT2D eigenvalue weighted by Gasteiger charge is 2.57. The third-order valence-corrected chi connectivity index (χ3v) is 6.10. The van der Waals surface area contributed by atoms with E-state index in [1.165, 1.54) is 0 Å². The van der Waals surface area contributed by atoms with Gasteiger partial charge in [-0.1, -0.05) is 18.1 Å². The number of ether oxygens (including phenoxy) is 1. The molecule has 4 aliphatic rings. The Morgan fingerprint density at radius 1 is 1.38 bits per heavy atom. The van der Waals surface area contributed by atoms with Crippen LogP contribution in [-0.4, -0.2) is 23.1 Å². The fourth-order valence-corrected chi connectivity index (χ4v) is 4.72. The summed E-state index contributed by atoms with van der Waals surface area (Å²) in [6.45, 7) is 3.66. The Labute approximate surface area is 153 Å². The molecule has 3 aliphatic carbocycles. The first-order valence-corrected chi connectivity index (χ1v) is 9.24. The zero-order valence-electron chi connectivity index (χ0n) is 15.2. The Balaban J connectivity index is 1.56. The van der Waals surface area contributed by atoms with Crippen LogP contribution in [0.5, 0.6) is 5.75 Å². The van der Waals surface area contributed by atoms with Gasteiger partial charge in [-0.25, -0.2) is 0 Å². The molecule has 26 heavy (non-hydrogen) atoms. The van der Waals surface area contributed by atoms with Crippen molar-refractivity contribution in [3.63, 3.8) is 0 Å². The van der Waals surface area contributed by atoms with Crippen molar-refractivity contribution in [3.05, 3.63) is 29.8 Å². The number of amides is 2. The Bertz CT molecular complexity index is 810. The van der Waals surface area contributed by atoms with Crippen LogP contribution in [0.15, 0.2) is 24.3 Å². The van der Waals surface area contributed by atoms with Crippen LogP contribution in [0.2, 0.25) is 0 Å². The molecular weight excluding hydrogens is 328 g/mol. The van der Waals surface area contributed by atoms with Crippen molar-refractivity contribution in [3.8, 4) is 18.1 Å². The van der Waals surface area contributed by atoms with Gasteiger partial charge in [-0.2, -0.15) is 0 Å². The molecule has 0 saturated heterocycles. The number of benzene rings is 1. The van der Waals surface area contributed by atoms with Crippen molar-refractivity contribution in [1.29, 1.82) is 0 Å². The van der Waals surface area contributed by atoms with Crippen LogP contribution < -0.4 is 15.4 Å². The molecule has 1 spiro atoms. The van der Waals surface area contributed by atoms with Gasteiger partial charge in [0.05, 0.1) is 11.1 Å². The van der Waals surface area contributed by atoms with Gasteiger partial charge in [0.15, 0.2) is 5.72 Å². The lowest BCUT2D eigenvalue weighted by atomic mass is 9.59. The summed E-state index contributed by atoms with van der Waals surface area (Å²) in [5.41, 5.74) is -0.767. The van der Waals surface area contributed by atoms with Gasteiger partial charge >= 0.3 is 0 Å². The van der Waals surface area contributed by atoms with Gasteiger partial charge in [0, 0.05) is 18.3 Å². The standard InChI is InChI=1S/C21H24N2O3/c1-4-20(2,3)22-19(25)16-11-14-10-9-13(16)12-21(14)23-18(24)15-7-5-6-8-17(15)26-21/h1,5-8,13-14,16H,9-12H2,2-3H3,(H,22,25)(H,23,24)/t13-,14+,16+,21+/m1/s1. The normalized spacial score (nSPS) is 32.2. The van der Waals surface area contributed by atoms with E-state index in [0.717, 1.165) is 12.8 Å². The molecule has 1 aromatic carbocycles. The van der Waals surface area contributed by atoms with Crippen molar-refractivity contribution in [2.24, 2.45) is 17.8 Å². The number of fused-ring (bicyclic) bond motifs is 3. The van der Waals surface area contributed by atoms with E-state index < -0.39 is 11.3 Å². The first-order valence-electron chi connectivity index (χ1n) is 9.24. The zero-order valence-corrected chi connectivity index (χ0v) is 15.2. The van der Waals surface area contributed by atoms with Gasteiger partial charge in [0.1, 0.15) is 5.75 Å². The summed E-state index contributed by atoms with van der Waals surface area (Å²) in [6, 6.07) is 7.33. The first-order chi connectivity index (χ1) is 12.3. The van der Waals surface area contributed by atoms with Gasteiger partial charge in [0.25, 0.3) is 5.91 Å². The maximum atomic E-state index is 12.8. The molecule has 1 aliphatic heterocycles. The Kier molecular flexibility index (Phi) is 3.76. The molecule has 5 rings (SSSR count). The second-order valence-electron chi connectivity index (χ2n) is 8.28. The molecule has 3 fully saturated rings. The number of carbonyl (C=O) groups excluding carboxylic acids is 2. The number of nitrogens with one attached hydrogen (secondary N) is 2. The largest absolute Gasteiger partial charge is 0.467 e. The summed E-state index contributed by atoms with van der Waals surface area (Å²) in [5.74, 6) is 3.40. The van der Waals surface area contributed by atoms with Gasteiger partial charge in [0.2, 0.25) is 5.91 Å². The summed E-state index contributed by atoms with van der Waals surface area (Å²) in [5, 5.41) is 6.09. The summed E-state index contributed by atoms with van der Waals surface area (Å²) in [4.78, 5) is 25.3. The van der Waals surface area contributed by atoms with E-state index in [4.69, 9.17) is 11.2 Å². The highest BCUT2D eigenvalue weighted by atomic mass is 16.5. The van der Waals surface area contributed by atoms with Crippen molar-refractivity contribution in [2.75, 3.05) is 0 Å². The zero-order chi connectivity index (χ0) is 18.5. The third-order valence-electron chi connectivity index (χ3n) is 6.10. The summed E-state index contributed by atoms with van der Waals surface area (Å²) >= 11 is 0. The van der Waals surface area contributed by atoms with Gasteiger partial charge in [-0.15, -0.1) is 6.42 Å². The lowest BCUT2D eigenvalue weighted by Crippen LogP contribution is -2.67. The monoisotopic (exact) mass is 352 g/mol. The molecule has 2 N–H and O–H groups in total. The average molecular weight is 352 g/mol. The molecule has 1 heterocycles. The van der Waals surface area contributed by atoms with Crippen LogP contribution in [-0.2, 0) is 4.79 Å². The Morgan fingerprint density at radius 3 is 2.85 bits per heavy atom. The lowest BCUT2D eigenvalue weighted by molar-refractivity contribution is -0.147. The molecule has 0 radical (unpaired) electrons.